The number of amides is 1. The van der Waals surface area contributed by atoms with Gasteiger partial charge < -0.3 is 9.80 Å². The molecule has 3 aromatic rings. The highest BCUT2D eigenvalue weighted by molar-refractivity contribution is 6.30. The quantitative estimate of drug-likeness (QED) is 0.448. The van der Waals surface area contributed by atoms with Crippen LogP contribution in [0, 0.1) is 0 Å². The van der Waals surface area contributed by atoms with E-state index in [2.05, 4.69) is 41.3 Å². The standard InChI is InChI=1S/C28H31ClN2O/c1-28(23-11-5-3-6-12-23,24-13-7-4-8-14-24)27(32)30(2)26(21-31-19-9-10-20-31)22-15-17-25(29)18-16-22/h3-8,11-18,26H,9-10,19-21H2,1-2H3/t26-/m1/s1. The first-order valence-corrected chi connectivity index (χ1v) is 11.7. The van der Waals surface area contributed by atoms with Crippen molar-refractivity contribution in [1.29, 1.82) is 0 Å². The van der Waals surface area contributed by atoms with E-state index >= 15 is 0 Å². The van der Waals surface area contributed by atoms with Crippen molar-refractivity contribution < 1.29 is 4.79 Å². The molecule has 1 atom stereocenters. The zero-order valence-electron chi connectivity index (χ0n) is 18.9. The summed E-state index contributed by atoms with van der Waals surface area (Å²) in [6, 6.07) is 28.1. The van der Waals surface area contributed by atoms with Crippen LogP contribution in [-0.4, -0.2) is 42.4 Å². The third-order valence-electron chi connectivity index (χ3n) is 6.80. The molecule has 166 valence electrons. The van der Waals surface area contributed by atoms with Crippen molar-refractivity contribution in [2.24, 2.45) is 0 Å². The minimum atomic E-state index is -0.785. The van der Waals surface area contributed by atoms with Gasteiger partial charge in [-0.2, -0.15) is 0 Å². The third-order valence-corrected chi connectivity index (χ3v) is 7.05. The Morgan fingerprint density at radius 3 is 1.91 bits per heavy atom. The molecule has 1 fully saturated rings. The Morgan fingerprint density at radius 2 is 1.41 bits per heavy atom. The predicted molar refractivity (Wildman–Crippen MR) is 132 cm³/mol. The van der Waals surface area contributed by atoms with Crippen molar-refractivity contribution in [1.82, 2.24) is 9.80 Å². The number of nitrogens with zero attached hydrogens (tertiary/aromatic N) is 2. The molecule has 3 nitrogen and oxygen atoms in total. The molecule has 0 aromatic heterocycles. The number of carbonyl (C=O) groups is 1. The van der Waals surface area contributed by atoms with Gasteiger partial charge in [-0.15, -0.1) is 0 Å². The molecule has 0 unspecified atom stereocenters. The van der Waals surface area contributed by atoms with Gasteiger partial charge in [0.15, 0.2) is 0 Å². The van der Waals surface area contributed by atoms with E-state index < -0.39 is 5.41 Å². The molecule has 0 spiro atoms. The van der Waals surface area contributed by atoms with Crippen LogP contribution in [-0.2, 0) is 10.2 Å². The minimum absolute atomic E-state index is 0.0513. The molecule has 4 heteroatoms. The van der Waals surface area contributed by atoms with E-state index in [0.29, 0.717) is 5.02 Å². The summed E-state index contributed by atoms with van der Waals surface area (Å²) in [4.78, 5) is 18.7. The molecule has 0 aliphatic carbocycles. The maximum atomic E-state index is 14.3. The first-order valence-electron chi connectivity index (χ1n) is 11.4. The Morgan fingerprint density at radius 1 is 0.906 bits per heavy atom. The number of carbonyl (C=O) groups excluding carboxylic acids is 1. The Labute approximate surface area is 196 Å². The van der Waals surface area contributed by atoms with E-state index in [4.69, 9.17) is 11.6 Å². The van der Waals surface area contributed by atoms with Gasteiger partial charge in [0.2, 0.25) is 5.91 Å². The fraction of sp³-hybridized carbons (Fsp3) is 0.321. The van der Waals surface area contributed by atoms with Crippen LogP contribution < -0.4 is 0 Å². The molecule has 0 saturated carbocycles. The van der Waals surface area contributed by atoms with E-state index in [1.165, 1.54) is 12.8 Å². The van der Waals surface area contributed by atoms with Crippen LogP contribution in [0.15, 0.2) is 84.9 Å². The summed E-state index contributed by atoms with van der Waals surface area (Å²) in [5.74, 6) is 0.0917. The first kappa shape index (κ1) is 22.6. The van der Waals surface area contributed by atoms with Crippen LogP contribution in [0.5, 0.6) is 0 Å². The Balaban J connectivity index is 1.74. The largest absolute Gasteiger partial charge is 0.336 e. The van der Waals surface area contributed by atoms with E-state index in [1.807, 2.05) is 67.4 Å². The summed E-state index contributed by atoms with van der Waals surface area (Å²) >= 11 is 6.17. The minimum Gasteiger partial charge on any atom is -0.336 e. The molecule has 4 rings (SSSR count). The maximum Gasteiger partial charge on any atom is 0.237 e. The van der Waals surface area contributed by atoms with Gasteiger partial charge in [0.1, 0.15) is 0 Å². The monoisotopic (exact) mass is 446 g/mol. The van der Waals surface area contributed by atoms with Crippen molar-refractivity contribution in [2.45, 2.75) is 31.2 Å². The van der Waals surface area contributed by atoms with Crippen LogP contribution in [0.3, 0.4) is 0 Å². The second-order valence-corrected chi connectivity index (χ2v) is 9.28. The van der Waals surface area contributed by atoms with Gasteiger partial charge in [-0.3, -0.25) is 4.79 Å². The molecular formula is C28H31ClN2O. The van der Waals surface area contributed by atoms with Crippen LogP contribution in [0.25, 0.3) is 0 Å². The second kappa shape index (κ2) is 9.89. The van der Waals surface area contributed by atoms with Crippen LogP contribution in [0.2, 0.25) is 5.02 Å². The zero-order valence-corrected chi connectivity index (χ0v) is 19.6. The Bertz CT molecular complexity index is 975. The lowest BCUT2D eigenvalue weighted by Crippen LogP contribution is -2.47. The van der Waals surface area contributed by atoms with E-state index in [1.54, 1.807) is 0 Å². The fourth-order valence-corrected chi connectivity index (χ4v) is 4.92. The zero-order chi connectivity index (χ0) is 22.6. The summed E-state index contributed by atoms with van der Waals surface area (Å²) in [6.07, 6.45) is 2.44. The first-order chi connectivity index (χ1) is 15.5. The third kappa shape index (κ3) is 4.60. The second-order valence-electron chi connectivity index (χ2n) is 8.85. The van der Waals surface area contributed by atoms with E-state index in [0.717, 1.165) is 36.3 Å². The summed E-state index contributed by atoms with van der Waals surface area (Å²) in [5, 5.41) is 0.709. The van der Waals surface area contributed by atoms with Gasteiger partial charge in [-0.25, -0.2) is 0 Å². The van der Waals surface area contributed by atoms with Crippen LogP contribution in [0.1, 0.15) is 42.5 Å². The molecule has 1 heterocycles. The maximum absolute atomic E-state index is 14.3. The molecule has 0 N–H and O–H groups in total. The molecule has 1 saturated heterocycles. The van der Waals surface area contributed by atoms with Gasteiger partial charge >= 0.3 is 0 Å². The molecule has 1 amide bonds. The lowest BCUT2D eigenvalue weighted by molar-refractivity contribution is -0.136. The smallest absolute Gasteiger partial charge is 0.237 e. The highest BCUT2D eigenvalue weighted by Gasteiger charge is 2.41. The van der Waals surface area contributed by atoms with Crippen LogP contribution >= 0.6 is 11.6 Å². The number of likely N-dealkylation sites (N-methyl/N-ethyl adjacent to an activating group) is 1. The van der Waals surface area contributed by atoms with Crippen molar-refractivity contribution >= 4 is 17.5 Å². The summed E-state index contributed by atoms with van der Waals surface area (Å²) in [7, 11) is 1.95. The fourth-order valence-electron chi connectivity index (χ4n) is 4.80. The van der Waals surface area contributed by atoms with Crippen molar-refractivity contribution in [3.05, 3.63) is 107 Å². The van der Waals surface area contributed by atoms with Crippen molar-refractivity contribution in [2.75, 3.05) is 26.7 Å². The van der Waals surface area contributed by atoms with Gasteiger partial charge in [0.05, 0.1) is 11.5 Å². The molecule has 0 radical (unpaired) electrons. The Kier molecular flexibility index (Phi) is 6.98. The highest BCUT2D eigenvalue weighted by atomic mass is 35.5. The molecule has 1 aliphatic heterocycles. The number of hydrogen-bond acceptors (Lipinski definition) is 2. The lowest BCUT2D eigenvalue weighted by Gasteiger charge is -2.39. The van der Waals surface area contributed by atoms with Crippen molar-refractivity contribution in [3.63, 3.8) is 0 Å². The van der Waals surface area contributed by atoms with Gasteiger partial charge in [0.25, 0.3) is 0 Å². The number of hydrogen-bond donors (Lipinski definition) is 0. The van der Waals surface area contributed by atoms with Crippen LogP contribution in [0.4, 0.5) is 0 Å². The van der Waals surface area contributed by atoms with E-state index in [9.17, 15) is 4.79 Å². The average molecular weight is 447 g/mol. The number of halogens is 1. The predicted octanol–water partition coefficient (Wildman–Crippen LogP) is 5.94. The molecule has 1 aliphatic rings. The SMILES string of the molecule is CN(C(=O)C(C)(c1ccccc1)c1ccccc1)[C@H](CN1CCCC1)c1ccc(Cl)cc1. The number of likely N-dealkylation sites (tertiary alicyclic amines) is 1. The van der Waals surface area contributed by atoms with Gasteiger partial charge in [-0.1, -0.05) is 84.4 Å². The molecule has 32 heavy (non-hydrogen) atoms. The summed E-state index contributed by atoms with van der Waals surface area (Å²) in [6.45, 7) is 5.04. The summed E-state index contributed by atoms with van der Waals surface area (Å²) < 4.78 is 0. The highest BCUT2D eigenvalue weighted by Crippen LogP contribution is 2.36. The van der Waals surface area contributed by atoms with Gasteiger partial charge in [0, 0.05) is 18.6 Å². The van der Waals surface area contributed by atoms with Gasteiger partial charge in [-0.05, 0) is 61.7 Å². The topological polar surface area (TPSA) is 23.6 Å². The molecule has 3 aromatic carbocycles. The number of rotatable bonds is 7. The Hall–Kier alpha value is -2.62. The normalized spacial score (nSPS) is 15.5. The van der Waals surface area contributed by atoms with E-state index in [-0.39, 0.29) is 11.9 Å². The molecule has 0 bridgehead atoms. The van der Waals surface area contributed by atoms with Crippen molar-refractivity contribution in [3.8, 4) is 0 Å². The molecular weight excluding hydrogens is 416 g/mol. The summed E-state index contributed by atoms with van der Waals surface area (Å²) in [5.41, 5.74) is 2.33. The number of benzene rings is 3. The average Bonchev–Trinajstić information content (AvgIpc) is 3.36. The lowest BCUT2D eigenvalue weighted by atomic mass is 9.74.